The van der Waals surface area contributed by atoms with E-state index in [1.54, 1.807) is 0 Å². The highest BCUT2D eigenvalue weighted by molar-refractivity contribution is 5.73. The lowest BCUT2D eigenvalue weighted by Crippen LogP contribution is -2.67. The standard InChI is InChI=1S/C22H38N2O16/c1-6(27)23-11-16(32)13(29)8(3-25)38-21(11)36-5-10-15(31)18(34)19(20(35)37-10)40-22-12(24-7(2)28)17(33)14(30)9(4-26)39-22/h8-22,25-26,29-35H,3-5H2,1-2H3,(H,23,27)(H,24,28)/t8-,9-,10-,11-,12-,13-,14-,15-,16-,17-,18+,19+,20-,21-,22+/m1/s1. The van der Waals surface area contributed by atoms with Gasteiger partial charge in [-0.15, -0.1) is 0 Å². The summed E-state index contributed by atoms with van der Waals surface area (Å²) in [6.07, 6.45) is -20.9. The van der Waals surface area contributed by atoms with Crippen molar-refractivity contribution in [2.24, 2.45) is 0 Å². The Kier molecular flexibility index (Phi) is 11.5. The normalized spacial score (nSPS) is 46.0. The third kappa shape index (κ3) is 7.23. The molecule has 18 nitrogen and oxygen atoms in total. The minimum atomic E-state index is -1.94. The number of hydrogen-bond donors (Lipinski definition) is 11. The Labute approximate surface area is 228 Å². The Morgan fingerprint density at radius 3 is 1.57 bits per heavy atom. The highest BCUT2D eigenvalue weighted by Crippen LogP contribution is 2.30. The number of aliphatic hydroxyl groups is 9. The summed E-state index contributed by atoms with van der Waals surface area (Å²) in [7, 11) is 0. The fourth-order valence-electron chi connectivity index (χ4n) is 4.75. The molecule has 3 rings (SSSR count). The highest BCUT2D eigenvalue weighted by atomic mass is 16.7. The van der Waals surface area contributed by atoms with Gasteiger partial charge in [-0.05, 0) is 0 Å². The molecule has 40 heavy (non-hydrogen) atoms. The average Bonchev–Trinajstić information content (AvgIpc) is 2.90. The summed E-state index contributed by atoms with van der Waals surface area (Å²) in [6, 6.07) is -2.69. The molecule has 11 N–H and O–H groups in total. The van der Waals surface area contributed by atoms with Crippen molar-refractivity contribution in [2.75, 3.05) is 19.8 Å². The highest BCUT2D eigenvalue weighted by Gasteiger charge is 2.52. The summed E-state index contributed by atoms with van der Waals surface area (Å²) < 4.78 is 27.2. The minimum absolute atomic E-state index is 0.588. The van der Waals surface area contributed by atoms with Crippen LogP contribution < -0.4 is 10.6 Å². The van der Waals surface area contributed by atoms with Gasteiger partial charge in [0.1, 0.15) is 73.1 Å². The lowest BCUT2D eigenvalue weighted by atomic mass is 9.95. The van der Waals surface area contributed by atoms with E-state index < -0.39 is 124 Å². The van der Waals surface area contributed by atoms with Crippen LogP contribution in [0.2, 0.25) is 0 Å². The van der Waals surface area contributed by atoms with Crippen molar-refractivity contribution in [2.45, 2.75) is 106 Å². The van der Waals surface area contributed by atoms with E-state index >= 15 is 0 Å². The number of aliphatic hydroxyl groups excluding tert-OH is 9. The van der Waals surface area contributed by atoms with E-state index in [2.05, 4.69) is 10.6 Å². The molecule has 0 radical (unpaired) electrons. The van der Waals surface area contributed by atoms with Gasteiger partial charge in [0.05, 0.1) is 19.8 Å². The van der Waals surface area contributed by atoms with Crippen molar-refractivity contribution in [1.29, 1.82) is 0 Å². The van der Waals surface area contributed by atoms with Gasteiger partial charge in [-0.25, -0.2) is 0 Å². The molecule has 232 valence electrons. The molecule has 3 heterocycles. The van der Waals surface area contributed by atoms with Crippen molar-refractivity contribution in [3.05, 3.63) is 0 Å². The number of carbonyl (C=O) groups is 2. The second-order valence-corrected chi connectivity index (χ2v) is 9.85. The molecular weight excluding hydrogens is 548 g/mol. The van der Waals surface area contributed by atoms with Gasteiger partial charge in [-0.3, -0.25) is 9.59 Å². The summed E-state index contributed by atoms with van der Waals surface area (Å²) in [5.41, 5.74) is 0. The first kappa shape index (κ1) is 32.9. The SMILES string of the molecule is CC(=O)N[C@H]1[C@H](OC[C@H]2O[C@@H](O)[C@@H](O[C@@H]3O[C@H](CO)[C@@H](O)[C@H](O)[C@H]3NC(C)=O)[C@@H](O)[C@@H]2O)O[C@H](CO)[C@@H](O)[C@@H]1O. The zero-order chi connectivity index (χ0) is 29.9. The van der Waals surface area contributed by atoms with E-state index in [0.29, 0.717) is 0 Å². The number of carbonyl (C=O) groups excluding carboxylic acids is 2. The fraction of sp³-hybridized carbons (Fsp3) is 0.909. The third-order valence-electron chi connectivity index (χ3n) is 6.88. The van der Waals surface area contributed by atoms with Crippen LogP contribution in [0.15, 0.2) is 0 Å². The monoisotopic (exact) mass is 586 g/mol. The Morgan fingerprint density at radius 2 is 1.10 bits per heavy atom. The maximum absolute atomic E-state index is 11.6. The topological polar surface area (TPSA) is 286 Å². The van der Waals surface area contributed by atoms with Crippen LogP contribution in [-0.4, -0.2) is 170 Å². The van der Waals surface area contributed by atoms with E-state index in [-0.39, 0.29) is 0 Å². The van der Waals surface area contributed by atoms with Crippen molar-refractivity contribution in [1.82, 2.24) is 10.6 Å². The summed E-state index contributed by atoms with van der Waals surface area (Å²) in [4.78, 5) is 23.2. The Hall–Kier alpha value is -1.62. The molecule has 18 heteroatoms. The van der Waals surface area contributed by atoms with Crippen molar-refractivity contribution < 1.29 is 79.2 Å². The van der Waals surface area contributed by atoms with Gasteiger partial charge in [0.2, 0.25) is 11.8 Å². The van der Waals surface area contributed by atoms with Crippen LogP contribution in [0, 0.1) is 0 Å². The van der Waals surface area contributed by atoms with Crippen LogP contribution in [0.4, 0.5) is 0 Å². The lowest BCUT2D eigenvalue weighted by molar-refractivity contribution is -0.353. The summed E-state index contributed by atoms with van der Waals surface area (Å²) in [5, 5.41) is 96.5. The number of ether oxygens (including phenoxy) is 5. The van der Waals surface area contributed by atoms with Gasteiger partial charge >= 0.3 is 0 Å². The van der Waals surface area contributed by atoms with E-state index in [1.807, 2.05) is 0 Å². The molecule has 3 aliphatic heterocycles. The summed E-state index contributed by atoms with van der Waals surface area (Å²) >= 11 is 0. The van der Waals surface area contributed by atoms with Crippen LogP contribution in [-0.2, 0) is 33.3 Å². The number of rotatable bonds is 9. The molecule has 15 atom stereocenters. The van der Waals surface area contributed by atoms with Crippen molar-refractivity contribution in [3.63, 3.8) is 0 Å². The molecule has 0 unspecified atom stereocenters. The Bertz CT molecular complexity index is 852. The third-order valence-corrected chi connectivity index (χ3v) is 6.88. The molecule has 3 aliphatic rings. The minimum Gasteiger partial charge on any atom is -0.394 e. The predicted molar refractivity (Wildman–Crippen MR) is 124 cm³/mol. The molecule has 2 amide bonds. The van der Waals surface area contributed by atoms with Crippen LogP contribution in [0.1, 0.15) is 13.8 Å². The van der Waals surface area contributed by atoms with Crippen LogP contribution in [0.3, 0.4) is 0 Å². The van der Waals surface area contributed by atoms with E-state index in [4.69, 9.17) is 23.7 Å². The Morgan fingerprint density at radius 1 is 0.650 bits per heavy atom. The largest absolute Gasteiger partial charge is 0.394 e. The summed E-state index contributed by atoms with van der Waals surface area (Å²) in [6.45, 7) is 0.227. The smallest absolute Gasteiger partial charge is 0.217 e. The van der Waals surface area contributed by atoms with Crippen molar-refractivity contribution in [3.8, 4) is 0 Å². The molecule has 0 aromatic carbocycles. The molecule has 0 aliphatic carbocycles. The second-order valence-electron chi connectivity index (χ2n) is 9.85. The average molecular weight is 587 g/mol. The molecule has 3 fully saturated rings. The van der Waals surface area contributed by atoms with Crippen LogP contribution in [0.25, 0.3) is 0 Å². The lowest BCUT2D eigenvalue weighted by Gasteiger charge is -2.46. The molecule has 0 aromatic rings. The quantitative estimate of drug-likeness (QED) is 0.120. The van der Waals surface area contributed by atoms with E-state index in [0.717, 1.165) is 13.8 Å². The predicted octanol–water partition coefficient (Wildman–Crippen LogP) is -7.29. The van der Waals surface area contributed by atoms with Crippen LogP contribution >= 0.6 is 0 Å². The molecular formula is C22H38N2O16. The van der Waals surface area contributed by atoms with Gasteiger partial charge < -0.3 is 80.3 Å². The fourth-order valence-corrected chi connectivity index (χ4v) is 4.75. The van der Waals surface area contributed by atoms with Gasteiger partial charge in [0.25, 0.3) is 0 Å². The van der Waals surface area contributed by atoms with Gasteiger partial charge in [-0.2, -0.15) is 0 Å². The number of amides is 2. The first-order valence-electron chi connectivity index (χ1n) is 12.6. The van der Waals surface area contributed by atoms with E-state index in [9.17, 15) is 55.5 Å². The maximum atomic E-state index is 11.6. The van der Waals surface area contributed by atoms with Crippen LogP contribution in [0.5, 0.6) is 0 Å². The molecule has 0 spiro atoms. The molecule has 0 saturated carbocycles. The first-order chi connectivity index (χ1) is 18.8. The summed E-state index contributed by atoms with van der Waals surface area (Å²) in [5.74, 6) is -1.24. The maximum Gasteiger partial charge on any atom is 0.217 e. The zero-order valence-corrected chi connectivity index (χ0v) is 21.7. The molecule has 0 bridgehead atoms. The zero-order valence-electron chi connectivity index (χ0n) is 21.7. The second kappa shape index (κ2) is 14.0. The van der Waals surface area contributed by atoms with Gasteiger partial charge in [0, 0.05) is 13.8 Å². The molecule has 3 saturated heterocycles. The Balaban J connectivity index is 1.68. The van der Waals surface area contributed by atoms with Crippen molar-refractivity contribution >= 4 is 11.8 Å². The number of nitrogens with one attached hydrogen (secondary N) is 2. The van der Waals surface area contributed by atoms with Gasteiger partial charge in [-0.1, -0.05) is 0 Å². The number of hydrogen-bond acceptors (Lipinski definition) is 16. The van der Waals surface area contributed by atoms with E-state index in [1.165, 1.54) is 0 Å². The van der Waals surface area contributed by atoms with Gasteiger partial charge in [0.15, 0.2) is 18.9 Å². The first-order valence-corrected chi connectivity index (χ1v) is 12.6. The molecule has 0 aromatic heterocycles.